The van der Waals surface area contributed by atoms with Gasteiger partial charge >= 0.3 is 5.97 Å². The van der Waals surface area contributed by atoms with Crippen molar-refractivity contribution < 1.29 is 14.6 Å². The number of carboxylic acids is 1. The van der Waals surface area contributed by atoms with Crippen LogP contribution < -0.4 is 4.74 Å². The van der Waals surface area contributed by atoms with Crippen molar-refractivity contribution in [3.63, 3.8) is 0 Å². The smallest absolute Gasteiger partial charge is 0.303 e. The molecule has 0 aliphatic heterocycles. The highest BCUT2D eigenvalue weighted by atomic mass is 35.5. The first-order chi connectivity index (χ1) is 7.04. The van der Waals surface area contributed by atoms with Gasteiger partial charge in [-0.2, -0.15) is 0 Å². The molecule has 0 amide bonds. The van der Waals surface area contributed by atoms with Gasteiger partial charge in [0.05, 0.1) is 13.5 Å². The molecule has 1 aromatic rings. The van der Waals surface area contributed by atoms with Crippen LogP contribution in [-0.4, -0.2) is 18.2 Å². The lowest BCUT2D eigenvalue weighted by Crippen LogP contribution is -2.04. The molecule has 1 rings (SSSR count). The molecule has 0 fully saturated rings. The quantitative estimate of drug-likeness (QED) is 0.862. The minimum absolute atomic E-state index is 0.0662. The molecule has 0 aromatic heterocycles. The molecule has 1 N–H and O–H groups in total. The van der Waals surface area contributed by atoms with Gasteiger partial charge in [-0.3, -0.25) is 4.79 Å². The molecule has 0 saturated heterocycles. The van der Waals surface area contributed by atoms with Gasteiger partial charge in [-0.05, 0) is 29.7 Å². The summed E-state index contributed by atoms with van der Waals surface area (Å²) in [6, 6.07) is 5.21. The fraction of sp³-hybridized carbons (Fsp3) is 0.364. The first kappa shape index (κ1) is 11.9. The molecule has 0 saturated carbocycles. The third kappa shape index (κ3) is 3.13. The van der Waals surface area contributed by atoms with E-state index >= 15 is 0 Å². The minimum atomic E-state index is -0.829. The maximum atomic E-state index is 10.6. The molecule has 15 heavy (non-hydrogen) atoms. The molecule has 0 unspecified atom stereocenters. The summed E-state index contributed by atoms with van der Waals surface area (Å²) in [6.45, 7) is 1.84. The van der Waals surface area contributed by atoms with E-state index in [2.05, 4.69) is 0 Å². The number of benzene rings is 1. The number of rotatable bonds is 4. The minimum Gasteiger partial charge on any atom is -0.496 e. The highest BCUT2D eigenvalue weighted by Crippen LogP contribution is 2.31. The maximum absolute atomic E-state index is 10.6. The zero-order valence-corrected chi connectivity index (χ0v) is 9.41. The number of halogens is 1. The summed E-state index contributed by atoms with van der Waals surface area (Å²) >= 11 is 5.85. The number of carboxylic acid groups (broad SMARTS) is 1. The summed E-state index contributed by atoms with van der Waals surface area (Å²) in [7, 11) is 1.56. The van der Waals surface area contributed by atoms with Crippen molar-refractivity contribution in [2.24, 2.45) is 0 Å². The molecule has 0 spiro atoms. The van der Waals surface area contributed by atoms with Crippen LogP contribution in [0.5, 0.6) is 5.75 Å². The number of aliphatic carboxylic acids is 1. The van der Waals surface area contributed by atoms with E-state index in [-0.39, 0.29) is 12.3 Å². The van der Waals surface area contributed by atoms with Crippen LogP contribution in [-0.2, 0) is 4.79 Å². The number of hydrogen-bond acceptors (Lipinski definition) is 2. The Morgan fingerprint density at radius 1 is 1.60 bits per heavy atom. The summed E-state index contributed by atoms with van der Waals surface area (Å²) in [5, 5.41) is 9.29. The van der Waals surface area contributed by atoms with E-state index in [1.165, 1.54) is 0 Å². The average Bonchev–Trinajstić information content (AvgIpc) is 2.16. The van der Waals surface area contributed by atoms with E-state index in [9.17, 15) is 4.79 Å². The molecular weight excluding hydrogens is 216 g/mol. The number of hydrogen-bond donors (Lipinski definition) is 1. The van der Waals surface area contributed by atoms with Gasteiger partial charge in [0.2, 0.25) is 0 Å². The van der Waals surface area contributed by atoms with Crippen LogP contribution in [0.3, 0.4) is 0 Å². The van der Waals surface area contributed by atoms with Crippen molar-refractivity contribution in [2.75, 3.05) is 7.11 Å². The zero-order valence-electron chi connectivity index (χ0n) is 8.66. The number of ether oxygens (including phenoxy) is 1. The second kappa shape index (κ2) is 5.03. The largest absolute Gasteiger partial charge is 0.496 e. The van der Waals surface area contributed by atoms with Gasteiger partial charge in [0.25, 0.3) is 0 Å². The van der Waals surface area contributed by atoms with Crippen molar-refractivity contribution in [1.82, 2.24) is 0 Å². The summed E-state index contributed by atoms with van der Waals surface area (Å²) in [5.41, 5.74) is 0.826. The van der Waals surface area contributed by atoms with Crippen molar-refractivity contribution in [3.05, 3.63) is 28.8 Å². The topological polar surface area (TPSA) is 46.5 Å². The van der Waals surface area contributed by atoms with Gasteiger partial charge in [-0.15, -0.1) is 0 Å². The summed E-state index contributed by atoms with van der Waals surface area (Å²) in [5.74, 6) is -0.270. The second-order valence-corrected chi connectivity index (χ2v) is 3.82. The van der Waals surface area contributed by atoms with Crippen LogP contribution in [0.2, 0.25) is 5.02 Å². The first-order valence-electron chi connectivity index (χ1n) is 4.59. The van der Waals surface area contributed by atoms with Gasteiger partial charge in [0.1, 0.15) is 5.75 Å². The maximum Gasteiger partial charge on any atom is 0.303 e. The Hall–Kier alpha value is -1.22. The van der Waals surface area contributed by atoms with E-state index in [4.69, 9.17) is 21.4 Å². The van der Waals surface area contributed by atoms with E-state index < -0.39 is 5.97 Å². The van der Waals surface area contributed by atoms with Crippen LogP contribution in [0, 0.1) is 0 Å². The second-order valence-electron chi connectivity index (χ2n) is 3.39. The van der Waals surface area contributed by atoms with Crippen molar-refractivity contribution in [3.8, 4) is 5.75 Å². The van der Waals surface area contributed by atoms with Gasteiger partial charge in [-0.25, -0.2) is 0 Å². The molecule has 4 heteroatoms. The van der Waals surface area contributed by atoms with Gasteiger partial charge in [-0.1, -0.05) is 18.5 Å². The molecular formula is C11H13ClO3. The summed E-state index contributed by atoms with van der Waals surface area (Å²) < 4.78 is 5.15. The SMILES string of the molecule is COc1ccc(Cl)cc1[C@H](C)CC(=O)O. The fourth-order valence-electron chi connectivity index (χ4n) is 1.46. The molecule has 1 atom stereocenters. The fourth-order valence-corrected chi connectivity index (χ4v) is 1.64. The number of methoxy groups -OCH3 is 1. The Morgan fingerprint density at radius 3 is 2.80 bits per heavy atom. The average molecular weight is 229 g/mol. The van der Waals surface area contributed by atoms with Gasteiger partial charge in [0, 0.05) is 5.02 Å². The van der Waals surface area contributed by atoms with E-state index in [0.717, 1.165) is 5.56 Å². The Morgan fingerprint density at radius 2 is 2.27 bits per heavy atom. The molecule has 0 radical (unpaired) electrons. The predicted octanol–water partition coefficient (Wildman–Crippen LogP) is 2.93. The molecule has 0 bridgehead atoms. The molecule has 0 aliphatic rings. The standard InChI is InChI=1S/C11H13ClO3/c1-7(5-11(13)14)9-6-8(12)3-4-10(9)15-2/h3-4,6-7H,5H2,1-2H3,(H,13,14)/t7-/m1/s1. The summed E-state index contributed by atoms with van der Waals surface area (Å²) in [4.78, 5) is 10.6. The van der Waals surface area contributed by atoms with Gasteiger partial charge in [0.15, 0.2) is 0 Å². The third-order valence-corrected chi connectivity index (χ3v) is 2.44. The lowest BCUT2D eigenvalue weighted by Gasteiger charge is -2.14. The monoisotopic (exact) mass is 228 g/mol. The van der Waals surface area contributed by atoms with E-state index in [1.54, 1.807) is 25.3 Å². The number of carbonyl (C=O) groups is 1. The highest BCUT2D eigenvalue weighted by molar-refractivity contribution is 6.30. The zero-order chi connectivity index (χ0) is 11.4. The lowest BCUT2D eigenvalue weighted by atomic mass is 9.97. The van der Waals surface area contributed by atoms with Crippen LogP contribution in [0.1, 0.15) is 24.8 Å². The lowest BCUT2D eigenvalue weighted by molar-refractivity contribution is -0.137. The van der Waals surface area contributed by atoms with Crippen LogP contribution in [0.4, 0.5) is 0 Å². The van der Waals surface area contributed by atoms with Gasteiger partial charge < -0.3 is 9.84 Å². The molecule has 82 valence electrons. The van der Waals surface area contributed by atoms with Crippen LogP contribution >= 0.6 is 11.6 Å². The molecule has 0 heterocycles. The Bertz CT molecular complexity index is 363. The normalized spacial score (nSPS) is 12.2. The Labute approximate surface area is 93.6 Å². The Kier molecular flexibility index (Phi) is 3.97. The van der Waals surface area contributed by atoms with E-state index in [1.807, 2.05) is 6.92 Å². The third-order valence-electron chi connectivity index (χ3n) is 2.20. The first-order valence-corrected chi connectivity index (χ1v) is 4.97. The summed E-state index contributed by atoms with van der Waals surface area (Å²) in [6.07, 6.45) is 0.0662. The molecule has 0 aliphatic carbocycles. The molecule has 1 aromatic carbocycles. The molecule has 3 nitrogen and oxygen atoms in total. The predicted molar refractivity (Wildman–Crippen MR) is 58.7 cm³/mol. The van der Waals surface area contributed by atoms with Crippen molar-refractivity contribution in [2.45, 2.75) is 19.3 Å². The van der Waals surface area contributed by atoms with Crippen LogP contribution in [0.15, 0.2) is 18.2 Å². The van der Waals surface area contributed by atoms with Crippen LogP contribution in [0.25, 0.3) is 0 Å². The van der Waals surface area contributed by atoms with Crippen molar-refractivity contribution >= 4 is 17.6 Å². The Balaban J connectivity index is 2.99. The van der Waals surface area contributed by atoms with Crippen molar-refractivity contribution in [1.29, 1.82) is 0 Å². The highest BCUT2D eigenvalue weighted by Gasteiger charge is 2.15. The van der Waals surface area contributed by atoms with E-state index in [0.29, 0.717) is 10.8 Å².